The van der Waals surface area contributed by atoms with Crippen LogP contribution in [0.2, 0.25) is 0 Å². The zero-order chi connectivity index (χ0) is 16.8. The van der Waals surface area contributed by atoms with E-state index >= 15 is 0 Å². The number of nitrogens with zero attached hydrogens (tertiary/aromatic N) is 2. The first kappa shape index (κ1) is 17.1. The molecule has 1 heterocycles. The normalized spacial score (nSPS) is 12.1. The monoisotopic (exact) mass is 397 g/mol. The molecule has 2 rings (SSSR count). The largest absolute Gasteiger partial charge is 0.474 e. The molecule has 1 atom stereocenters. The Bertz CT molecular complexity index is 747. The number of ether oxygens (including phenoxy) is 1. The third-order valence-electron chi connectivity index (χ3n) is 2.70. The van der Waals surface area contributed by atoms with Crippen molar-refractivity contribution < 1.29 is 14.5 Å². The molecule has 1 aromatic heterocycles. The standard InChI is InChI=1S/C14H12BrN3O4S/c1-9(22-12-5-3-2-4-11(12)18(20)21)14(19)17-16-8-10-6-7-13(15)23-10/h2-9H,1H3,(H,17,19)/b16-8-/t9-/m0/s1. The number of hydrogen-bond donors (Lipinski definition) is 1. The van der Waals surface area contributed by atoms with E-state index < -0.39 is 16.9 Å². The number of nitrogens with one attached hydrogen (secondary N) is 1. The fourth-order valence-corrected chi connectivity index (χ4v) is 2.90. The van der Waals surface area contributed by atoms with Gasteiger partial charge in [0.2, 0.25) is 0 Å². The molecule has 0 saturated carbocycles. The topological polar surface area (TPSA) is 93.8 Å². The highest BCUT2D eigenvalue weighted by molar-refractivity contribution is 9.11. The van der Waals surface area contributed by atoms with Gasteiger partial charge in [-0.05, 0) is 41.1 Å². The molecule has 0 aliphatic heterocycles. The molecule has 0 spiro atoms. The average Bonchev–Trinajstić information content (AvgIpc) is 2.93. The summed E-state index contributed by atoms with van der Waals surface area (Å²) in [6.45, 7) is 1.49. The first-order valence-electron chi connectivity index (χ1n) is 6.45. The lowest BCUT2D eigenvalue weighted by Crippen LogP contribution is -2.33. The minimum Gasteiger partial charge on any atom is -0.474 e. The number of nitro benzene ring substituents is 1. The molecule has 120 valence electrons. The van der Waals surface area contributed by atoms with Crippen molar-refractivity contribution >= 4 is 45.1 Å². The Morgan fingerprint density at radius 1 is 1.43 bits per heavy atom. The molecule has 1 amide bonds. The molecule has 9 heteroatoms. The second kappa shape index (κ2) is 7.84. The van der Waals surface area contributed by atoms with Gasteiger partial charge in [0.25, 0.3) is 5.91 Å². The molecule has 0 fully saturated rings. The molecule has 0 aliphatic rings. The molecule has 1 aromatic carbocycles. The van der Waals surface area contributed by atoms with Gasteiger partial charge < -0.3 is 4.74 Å². The van der Waals surface area contributed by atoms with Crippen LogP contribution in [0.3, 0.4) is 0 Å². The summed E-state index contributed by atoms with van der Waals surface area (Å²) in [5.41, 5.74) is 2.14. The van der Waals surface area contributed by atoms with Gasteiger partial charge in [0.05, 0.1) is 14.9 Å². The smallest absolute Gasteiger partial charge is 0.310 e. The molecule has 2 aromatic rings. The van der Waals surface area contributed by atoms with E-state index in [1.807, 2.05) is 12.1 Å². The van der Waals surface area contributed by atoms with E-state index in [2.05, 4.69) is 26.5 Å². The van der Waals surface area contributed by atoms with Crippen molar-refractivity contribution in [2.75, 3.05) is 0 Å². The van der Waals surface area contributed by atoms with Gasteiger partial charge in [0.15, 0.2) is 11.9 Å². The van der Waals surface area contributed by atoms with Crippen molar-refractivity contribution in [2.24, 2.45) is 5.10 Å². The zero-order valence-electron chi connectivity index (χ0n) is 11.9. The van der Waals surface area contributed by atoms with Crippen LogP contribution in [-0.2, 0) is 4.79 Å². The van der Waals surface area contributed by atoms with Crippen molar-refractivity contribution in [3.63, 3.8) is 0 Å². The number of hydrazone groups is 1. The Kier molecular flexibility index (Phi) is 5.83. The predicted molar refractivity (Wildman–Crippen MR) is 90.9 cm³/mol. The van der Waals surface area contributed by atoms with Gasteiger partial charge in [-0.1, -0.05) is 12.1 Å². The lowest BCUT2D eigenvalue weighted by molar-refractivity contribution is -0.386. The minimum absolute atomic E-state index is 0.0336. The van der Waals surface area contributed by atoms with Crippen molar-refractivity contribution in [2.45, 2.75) is 13.0 Å². The van der Waals surface area contributed by atoms with Crippen LogP contribution in [0.5, 0.6) is 5.75 Å². The third kappa shape index (κ3) is 4.86. The number of thiophene rings is 1. The summed E-state index contributed by atoms with van der Waals surface area (Å²) >= 11 is 4.79. The van der Waals surface area contributed by atoms with E-state index in [-0.39, 0.29) is 11.4 Å². The van der Waals surface area contributed by atoms with Crippen molar-refractivity contribution in [3.8, 4) is 5.75 Å². The third-order valence-corrected chi connectivity index (χ3v) is 4.25. The molecule has 0 unspecified atom stereocenters. The molecule has 7 nitrogen and oxygen atoms in total. The quantitative estimate of drug-likeness (QED) is 0.459. The van der Waals surface area contributed by atoms with Gasteiger partial charge >= 0.3 is 5.69 Å². The number of carbonyl (C=O) groups excluding carboxylic acids is 1. The first-order valence-corrected chi connectivity index (χ1v) is 8.06. The van der Waals surface area contributed by atoms with Crippen LogP contribution in [0.15, 0.2) is 45.3 Å². The van der Waals surface area contributed by atoms with Gasteiger partial charge in [0.1, 0.15) is 0 Å². The molecule has 0 saturated heterocycles. The van der Waals surface area contributed by atoms with Gasteiger partial charge in [0, 0.05) is 10.9 Å². The lowest BCUT2D eigenvalue weighted by Gasteiger charge is -2.12. The van der Waals surface area contributed by atoms with Gasteiger partial charge in [-0.2, -0.15) is 5.10 Å². The van der Waals surface area contributed by atoms with Crippen LogP contribution in [0.4, 0.5) is 5.69 Å². The zero-order valence-corrected chi connectivity index (χ0v) is 14.3. The summed E-state index contributed by atoms with van der Waals surface area (Å²) in [5, 5.41) is 14.7. The molecule has 0 aliphatic carbocycles. The van der Waals surface area contributed by atoms with Gasteiger partial charge in [-0.15, -0.1) is 11.3 Å². The van der Waals surface area contributed by atoms with Gasteiger partial charge in [-0.3, -0.25) is 14.9 Å². The Morgan fingerprint density at radius 3 is 2.83 bits per heavy atom. The van der Waals surface area contributed by atoms with E-state index in [9.17, 15) is 14.9 Å². The molecule has 0 bridgehead atoms. The SMILES string of the molecule is C[C@H](Oc1ccccc1[N+](=O)[O-])C(=O)N/N=C\c1ccc(Br)s1. The number of carbonyl (C=O) groups is 1. The number of para-hydroxylation sites is 2. The van der Waals surface area contributed by atoms with Crippen LogP contribution in [0.25, 0.3) is 0 Å². The number of nitro groups is 1. The molecule has 0 radical (unpaired) electrons. The maximum absolute atomic E-state index is 11.9. The summed E-state index contributed by atoms with van der Waals surface area (Å²) in [7, 11) is 0. The highest BCUT2D eigenvalue weighted by atomic mass is 79.9. The maximum atomic E-state index is 11.9. The van der Waals surface area contributed by atoms with Crippen molar-refractivity contribution in [3.05, 3.63) is 55.2 Å². The fourth-order valence-electron chi connectivity index (χ4n) is 1.60. The second-order valence-electron chi connectivity index (χ2n) is 4.36. The van der Waals surface area contributed by atoms with Crippen molar-refractivity contribution in [1.29, 1.82) is 0 Å². The minimum atomic E-state index is -0.927. The summed E-state index contributed by atoms with van der Waals surface area (Å²) in [4.78, 5) is 23.1. The predicted octanol–water partition coefficient (Wildman–Crippen LogP) is 3.34. The number of amides is 1. The maximum Gasteiger partial charge on any atom is 0.310 e. The highest BCUT2D eigenvalue weighted by Gasteiger charge is 2.20. The number of hydrogen-bond acceptors (Lipinski definition) is 6. The Morgan fingerprint density at radius 2 is 2.17 bits per heavy atom. The van der Waals surface area contributed by atoms with Crippen LogP contribution in [-0.4, -0.2) is 23.1 Å². The van der Waals surface area contributed by atoms with Crippen LogP contribution in [0.1, 0.15) is 11.8 Å². The van der Waals surface area contributed by atoms with Crippen molar-refractivity contribution in [1.82, 2.24) is 5.43 Å². The molecule has 1 N–H and O–H groups in total. The van der Waals surface area contributed by atoms with E-state index in [4.69, 9.17) is 4.74 Å². The number of rotatable bonds is 6. The fraction of sp³-hybridized carbons (Fsp3) is 0.143. The Hall–Kier alpha value is -2.26. The van der Waals surface area contributed by atoms with E-state index in [0.717, 1.165) is 8.66 Å². The van der Waals surface area contributed by atoms with Gasteiger partial charge in [-0.25, -0.2) is 5.43 Å². The number of halogens is 1. The Labute approximate surface area is 144 Å². The molecular formula is C14H12BrN3O4S. The van der Waals surface area contributed by atoms with Crippen LogP contribution >= 0.6 is 27.3 Å². The highest BCUT2D eigenvalue weighted by Crippen LogP contribution is 2.26. The average molecular weight is 398 g/mol. The Balaban J connectivity index is 1.95. The first-order chi connectivity index (χ1) is 11.0. The lowest BCUT2D eigenvalue weighted by atomic mass is 10.3. The summed E-state index contributed by atoms with van der Waals surface area (Å²) in [6.07, 6.45) is 0.577. The van der Waals surface area contributed by atoms with Crippen LogP contribution < -0.4 is 10.2 Å². The summed E-state index contributed by atoms with van der Waals surface area (Å²) < 4.78 is 6.30. The van der Waals surface area contributed by atoms with E-state index in [1.54, 1.807) is 6.07 Å². The van der Waals surface area contributed by atoms with E-state index in [1.165, 1.54) is 42.7 Å². The molecule has 23 heavy (non-hydrogen) atoms. The van der Waals surface area contributed by atoms with E-state index in [0.29, 0.717) is 0 Å². The summed E-state index contributed by atoms with van der Waals surface area (Å²) in [6, 6.07) is 9.59. The second-order valence-corrected chi connectivity index (χ2v) is 6.86. The summed E-state index contributed by atoms with van der Waals surface area (Å²) in [5.74, 6) is -0.471. The van der Waals surface area contributed by atoms with Crippen LogP contribution in [0, 0.1) is 10.1 Å². The molecular weight excluding hydrogens is 386 g/mol. The number of benzene rings is 1.